The Labute approximate surface area is 142 Å². The number of rotatable bonds is 2. The van der Waals surface area contributed by atoms with Gasteiger partial charge >= 0.3 is 0 Å². The molecule has 2 atom stereocenters. The van der Waals surface area contributed by atoms with Crippen LogP contribution >= 0.6 is 0 Å². The van der Waals surface area contributed by atoms with Gasteiger partial charge in [-0.2, -0.15) is 0 Å². The largest absolute Gasteiger partial charge is 0.381 e. The van der Waals surface area contributed by atoms with E-state index in [1.807, 2.05) is 35.2 Å². The molecule has 3 heterocycles. The third kappa shape index (κ3) is 2.71. The fourth-order valence-electron chi connectivity index (χ4n) is 4.44. The van der Waals surface area contributed by atoms with Crippen molar-refractivity contribution in [2.24, 2.45) is 5.92 Å². The molecule has 2 amide bonds. The third-order valence-electron chi connectivity index (χ3n) is 5.65. The number of ether oxygens (including phenoxy) is 1. The highest BCUT2D eigenvalue weighted by atomic mass is 16.5. The molecule has 0 N–H and O–H groups in total. The summed E-state index contributed by atoms with van der Waals surface area (Å²) < 4.78 is 5.38. The Balaban J connectivity index is 1.54. The number of likely N-dealkylation sites (tertiary alicyclic amines) is 1. The van der Waals surface area contributed by atoms with Crippen LogP contribution in [0.5, 0.6) is 0 Å². The van der Waals surface area contributed by atoms with Crippen molar-refractivity contribution < 1.29 is 14.3 Å². The van der Waals surface area contributed by atoms with Gasteiger partial charge in [0.1, 0.15) is 0 Å². The van der Waals surface area contributed by atoms with E-state index in [0.29, 0.717) is 19.6 Å². The molecule has 5 heteroatoms. The van der Waals surface area contributed by atoms with Gasteiger partial charge in [0, 0.05) is 37.8 Å². The number of nitrogens with zero attached hydrogens (tertiary/aromatic N) is 2. The summed E-state index contributed by atoms with van der Waals surface area (Å²) in [6, 6.07) is 10.2. The van der Waals surface area contributed by atoms with Crippen molar-refractivity contribution in [3.63, 3.8) is 0 Å². The molecule has 1 aromatic carbocycles. The van der Waals surface area contributed by atoms with Gasteiger partial charge in [-0.05, 0) is 37.8 Å². The molecule has 0 spiro atoms. The Morgan fingerprint density at radius 3 is 2.50 bits per heavy atom. The van der Waals surface area contributed by atoms with Crippen LogP contribution in [0.1, 0.15) is 32.1 Å². The van der Waals surface area contributed by atoms with Crippen LogP contribution in [0.25, 0.3) is 0 Å². The number of benzene rings is 1. The highest BCUT2D eigenvalue weighted by molar-refractivity contribution is 5.95. The molecule has 3 fully saturated rings. The van der Waals surface area contributed by atoms with Crippen LogP contribution in [0, 0.1) is 5.92 Å². The minimum atomic E-state index is 0.0975. The number of hydrogen-bond acceptors (Lipinski definition) is 3. The predicted molar refractivity (Wildman–Crippen MR) is 90.6 cm³/mol. The van der Waals surface area contributed by atoms with E-state index in [1.54, 1.807) is 0 Å². The molecular formula is C19H24N2O3. The minimum absolute atomic E-state index is 0.0975. The average Bonchev–Trinajstić information content (AvgIpc) is 3.06. The van der Waals surface area contributed by atoms with Crippen molar-refractivity contribution in [3.8, 4) is 0 Å². The smallest absolute Gasteiger partial charge is 0.227 e. The van der Waals surface area contributed by atoms with Crippen molar-refractivity contribution in [1.82, 2.24) is 4.90 Å². The lowest BCUT2D eigenvalue weighted by Gasteiger charge is -2.40. The number of amides is 2. The van der Waals surface area contributed by atoms with Crippen molar-refractivity contribution >= 4 is 17.5 Å². The molecular weight excluding hydrogens is 304 g/mol. The zero-order valence-corrected chi connectivity index (χ0v) is 13.9. The molecule has 128 valence electrons. The molecule has 0 aromatic heterocycles. The molecule has 0 aliphatic carbocycles. The normalized spacial score (nSPS) is 28.1. The van der Waals surface area contributed by atoms with E-state index in [9.17, 15) is 9.59 Å². The third-order valence-corrected chi connectivity index (χ3v) is 5.65. The van der Waals surface area contributed by atoms with Gasteiger partial charge in [-0.3, -0.25) is 9.59 Å². The topological polar surface area (TPSA) is 49.9 Å². The van der Waals surface area contributed by atoms with Crippen LogP contribution in [0.15, 0.2) is 30.3 Å². The number of para-hydroxylation sites is 1. The molecule has 3 saturated heterocycles. The van der Waals surface area contributed by atoms with Gasteiger partial charge in [-0.25, -0.2) is 0 Å². The number of hydrogen-bond donors (Lipinski definition) is 0. The van der Waals surface area contributed by atoms with Gasteiger partial charge in [0.05, 0.1) is 12.1 Å². The fourth-order valence-corrected chi connectivity index (χ4v) is 4.44. The summed E-state index contributed by atoms with van der Waals surface area (Å²) in [4.78, 5) is 29.5. The van der Waals surface area contributed by atoms with Gasteiger partial charge in [-0.15, -0.1) is 0 Å². The molecule has 3 aliphatic rings. The summed E-state index contributed by atoms with van der Waals surface area (Å²) in [7, 11) is 0. The standard InChI is InChI=1S/C19H24N2O3/c22-18-7-6-16-17(21(18)15-4-2-1-3-5-15)8-11-20(16)19(23)14-9-12-24-13-10-14/h1-5,14,16-17H,6-13H2/t16-,17-/m1/s1. The van der Waals surface area contributed by atoms with Gasteiger partial charge < -0.3 is 14.5 Å². The first-order valence-electron chi connectivity index (χ1n) is 9.01. The molecule has 5 nitrogen and oxygen atoms in total. The van der Waals surface area contributed by atoms with Crippen LogP contribution in [0.4, 0.5) is 5.69 Å². The summed E-state index contributed by atoms with van der Waals surface area (Å²) in [5, 5.41) is 0. The Hall–Kier alpha value is -1.88. The van der Waals surface area contributed by atoms with Gasteiger partial charge in [0.15, 0.2) is 0 Å². The zero-order valence-electron chi connectivity index (χ0n) is 13.9. The van der Waals surface area contributed by atoms with Crippen LogP contribution in [-0.2, 0) is 14.3 Å². The van der Waals surface area contributed by atoms with Crippen molar-refractivity contribution in [2.45, 2.75) is 44.2 Å². The summed E-state index contributed by atoms with van der Waals surface area (Å²) >= 11 is 0. The van der Waals surface area contributed by atoms with E-state index in [-0.39, 0.29) is 29.8 Å². The average molecular weight is 328 g/mol. The maximum atomic E-state index is 12.9. The Kier molecular flexibility index (Phi) is 4.27. The van der Waals surface area contributed by atoms with E-state index < -0.39 is 0 Å². The molecule has 0 saturated carbocycles. The van der Waals surface area contributed by atoms with Crippen LogP contribution in [0.3, 0.4) is 0 Å². The lowest BCUT2D eigenvalue weighted by Crippen LogP contribution is -2.54. The van der Waals surface area contributed by atoms with Crippen molar-refractivity contribution in [3.05, 3.63) is 30.3 Å². The summed E-state index contributed by atoms with van der Waals surface area (Å²) in [5.41, 5.74) is 0.956. The first-order chi connectivity index (χ1) is 11.8. The van der Waals surface area contributed by atoms with Crippen molar-refractivity contribution in [1.29, 1.82) is 0 Å². The second-order valence-electron chi connectivity index (χ2n) is 6.98. The first kappa shape index (κ1) is 15.6. The second kappa shape index (κ2) is 6.55. The van der Waals surface area contributed by atoms with Crippen LogP contribution in [0.2, 0.25) is 0 Å². The molecule has 0 unspecified atom stereocenters. The van der Waals surface area contributed by atoms with Gasteiger partial charge in [0.25, 0.3) is 0 Å². The number of piperidine rings is 1. The van der Waals surface area contributed by atoms with Crippen LogP contribution < -0.4 is 4.90 Å². The van der Waals surface area contributed by atoms with Crippen molar-refractivity contribution in [2.75, 3.05) is 24.7 Å². The Bertz CT molecular complexity index is 612. The molecule has 4 rings (SSSR count). The summed E-state index contributed by atoms with van der Waals surface area (Å²) in [6.07, 6.45) is 3.85. The number of anilines is 1. The van der Waals surface area contributed by atoms with E-state index >= 15 is 0 Å². The minimum Gasteiger partial charge on any atom is -0.381 e. The molecule has 24 heavy (non-hydrogen) atoms. The quantitative estimate of drug-likeness (QED) is 0.836. The SMILES string of the molecule is O=C(C1CCOCC1)N1CC[C@@H]2[C@H]1CCC(=O)N2c1ccccc1. The predicted octanol–water partition coefficient (Wildman–Crippen LogP) is 2.21. The van der Waals surface area contributed by atoms with E-state index in [1.165, 1.54) is 0 Å². The Morgan fingerprint density at radius 1 is 1.00 bits per heavy atom. The summed E-state index contributed by atoms with van der Waals surface area (Å²) in [6.45, 7) is 2.14. The summed E-state index contributed by atoms with van der Waals surface area (Å²) in [5.74, 6) is 0.552. The molecule has 1 aromatic rings. The van der Waals surface area contributed by atoms with Gasteiger partial charge in [0.2, 0.25) is 11.8 Å². The van der Waals surface area contributed by atoms with Gasteiger partial charge in [-0.1, -0.05) is 18.2 Å². The highest BCUT2D eigenvalue weighted by Crippen LogP contribution is 2.36. The lowest BCUT2D eigenvalue weighted by atomic mass is 9.93. The molecule has 3 aliphatic heterocycles. The van der Waals surface area contributed by atoms with E-state index in [0.717, 1.165) is 37.9 Å². The van der Waals surface area contributed by atoms with Crippen LogP contribution in [-0.4, -0.2) is 48.6 Å². The zero-order chi connectivity index (χ0) is 16.5. The number of fused-ring (bicyclic) bond motifs is 1. The monoisotopic (exact) mass is 328 g/mol. The fraction of sp³-hybridized carbons (Fsp3) is 0.579. The maximum Gasteiger partial charge on any atom is 0.227 e. The molecule has 0 radical (unpaired) electrons. The number of carbonyl (C=O) groups is 2. The van der Waals surface area contributed by atoms with E-state index in [4.69, 9.17) is 4.74 Å². The maximum absolute atomic E-state index is 12.9. The molecule has 0 bridgehead atoms. The Morgan fingerprint density at radius 2 is 1.75 bits per heavy atom. The van der Waals surface area contributed by atoms with E-state index in [2.05, 4.69) is 4.90 Å². The first-order valence-corrected chi connectivity index (χ1v) is 9.01. The second-order valence-corrected chi connectivity index (χ2v) is 6.98. The lowest BCUT2D eigenvalue weighted by molar-refractivity contribution is -0.140. The highest BCUT2D eigenvalue weighted by Gasteiger charge is 2.46. The number of carbonyl (C=O) groups excluding carboxylic acids is 2.